The van der Waals surface area contributed by atoms with Crippen LogP contribution in [0.2, 0.25) is 0 Å². The van der Waals surface area contributed by atoms with E-state index in [-0.39, 0.29) is 18.9 Å². The number of hydrogen-bond donors (Lipinski definition) is 1. The van der Waals surface area contributed by atoms with Crippen LogP contribution in [0, 0.1) is 11.8 Å². The van der Waals surface area contributed by atoms with E-state index in [1.54, 1.807) is 48.7 Å². The first kappa shape index (κ1) is 21.2. The summed E-state index contributed by atoms with van der Waals surface area (Å²) >= 11 is 0. The predicted molar refractivity (Wildman–Crippen MR) is 118 cm³/mol. The zero-order valence-corrected chi connectivity index (χ0v) is 17.0. The minimum Gasteiger partial charge on any atom is -0.322 e. The van der Waals surface area contributed by atoms with Gasteiger partial charge in [-0.15, -0.1) is 0 Å². The van der Waals surface area contributed by atoms with E-state index in [1.807, 2.05) is 24.3 Å². The van der Waals surface area contributed by atoms with Gasteiger partial charge < -0.3 is 10.2 Å². The van der Waals surface area contributed by atoms with Crippen LogP contribution >= 0.6 is 0 Å². The van der Waals surface area contributed by atoms with Gasteiger partial charge in [0, 0.05) is 41.7 Å². The Morgan fingerprint density at radius 2 is 1.84 bits per heavy atom. The molecule has 1 aliphatic rings. The molecule has 2 aromatic carbocycles. The monoisotopic (exact) mass is 431 g/mol. The number of carbonyl (C=O) groups excluding carboxylic acids is 2. The Hall–Kier alpha value is -4.05. The largest absolute Gasteiger partial charge is 0.322 e. The molecule has 7 heteroatoms. The molecule has 1 saturated heterocycles. The fourth-order valence-corrected chi connectivity index (χ4v) is 3.32. The van der Waals surface area contributed by atoms with Gasteiger partial charge in [0.05, 0.1) is 6.42 Å². The number of anilines is 2. The molecule has 1 N–H and O–H groups in total. The highest BCUT2D eigenvalue weighted by molar-refractivity contribution is 6.05. The van der Waals surface area contributed by atoms with E-state index >= 15 is 0 Å². The number of piperidine rings is 1. The Balaban J connectivity index is 1.42. The first-order valence-electron chi connectivity index (χ1n) is 10.0. The summed E-state index contributed by atoms with van der Waals surface area (Å²) in [5.41, 5.74) is 2.84. The highest BCUT2D eigenvalue weighted by atomic mass is 19.3. The molecule has 0 atom stereocenters. The quantitative estimate of drug-likeness (QED) is 0.622. The van der Waals surface area contributed by atoms with Crippen LogP contribution in [-0.2, 0) is 4.79 Å². The Morgan fingerprint density at radius 3 is 2.56 bits per heavy atom. The molecule has 0 bridgehead atoms. The molecule has 0 aliphatic carbocycles. The lowest BCUT2D eigenvalue weighted by Crippen LogP contribution is -2.43. The fourth-order valence-electron chi connectivity index (χ4n) is 3.32. The third-order valence-electron chi connectivity index (χ3n) is 4.97. The zero-order chi connectivity index (χ0) is 22.6. The van der Waals surface area contributed by atoms with Crippen LogP contribution in [0.4, 0.5) is 20.2 Å². The molecule has 0 spiro atoms. The van der Waals surface area contributed by atoms with Crippen molar-refractivity contribution in [1.29, 1.82) is 0 Å². The van der Waals surface area contributed by atoms with Crippen LogP contribution in [0.1, 0.15) is 34.5 Å². The number of rotatable bonds is 3. The number of carbonyl (C=O) groups is 2. The molecule has 3 aromatic rings. The number of alkyl halides is 2. The normalized spacial score (nSPS) is 14.9. The van der Waals surface area contributed by atoms with E-state index < -0.39 is 18.3 Å². The Morgan fingerprint density at radius 1 is 1.03 bits per heavy atom. The molecular weight excluding hydrogens is 412 g/mol. The lowest BCUT2D eigenvalue weighted by atomic mass is 10.0. The second kappa shape index (κ2) is 8.98. The van der Waals surface area contributed by atoms with E-state index in [2.05, 4.69) is 22.1 Å². The summed E-state index contributed by atoms with van der Waals surface area (Å²) in [5.74, 6) is 2.07. The van der Waals surface area contributed by atoms with Crippen molar-refractivity contribution in [3.05, 3.63) is 89.7 Å². The fraction of sp³-hybridized carbons (Fsp3) is 0.160. The molecule has 2 amide bonds. The van der Waals surface area contributed by atoms with Crippen molar-refractivity contribution in [2.45, 2.75) is 18.8 Å². The number of aromatic nitrogens is 1. The summed E-state index contributed by atoms with van der Waals surface area (Å²) in [6.07, 6.45) is 0.498. The van der Waals surface area contributed by atoms with Crippen molar-refractivity contribution in [3.63, 3.8) is 0 Å². The van der Waals surface area contributed by atoms with Gasteiger partial charge in [-0.3, -0.25) is 9.59 Å². The van der Waals surface area contributed by atoms with E-state index in [9.17, 15) is 18.4 Å². The molecule has 0 unspecified atom stereocenters. The molecule has 0 radical (unpaired) electrons. The van der Waals surface area contributed by atoms with E-state index in [0.29, 0.717) is 22.6 Å². The maximum atomic E-state index is 13.4. The van der Waals surface area contributed by atoms with Crippen molar-refractivity contribution < 1.29 is 18.4 Å². The van der Waals surface area contributed by atoms with Crippen molar-refractivity contribution in [2.75, 3.05) is 16.8 Å². The maximum Gasteiger partial charge on any atom is 0.258 e. The van der Waals surface area contributed by atoms with Gasteiger partial charge in [0.15, 0.2) is 0 Å². The molecule has 2 heterocycles. The van der Waals surface area contributed by atoms with Crippen molar-refractivity contribution in [1.82, 2.24) is 4.98 Å². The molecule has 160 valence electrons. The van der Waals surface area contributed by atoms with Gasteiger partial charge in [-0.25, -0.2) is 13.8 Å². The first-order valence-corrected chi connectivity index (χ1v) is 10.0. The number of pyridine rings is 1. The van der Waals surface area contributed by atoms with Crippen molar-refractivity contribution in [2.24, 2.45) is 0 Å². The van der Waals surface area contributed by atoms with Gasteiger partial charge in [-0.1, -0.05) is 18.1 Å². The van der Waals surface area contributed by atoms with Gasteiger partial charge in [0.2, 0.25) is 5.91 Å². The number of hydrogen-bond acceptors (Lipinski definition) is 3. The number of amides is 2. The van der Waals surface area contributed by atoms with Crippen LogP contribution < -0.4 is 10.2 Å². The van der Waals surface area contributed by atoms with Crippen LogP contribution in [0.5, 0.6) is 0 Å². The Labute approximate surface area is 184 Å². The highest BCUT2D eigenvalue weighted by Gasteiger charge is 2.39. The molecule has 1 fully saturated rings. The van der Waals surface area contributed by atoms with Gasteiger partial charge in [-0.05, 0) is 60.5 Å². The summed E-state index contributed by atoms with van der Waals surface area (Å²) in [6, 6.07) is 18.9. The number of nitrogens with one attached hydrogen (secondary N) is 1. The van der Waals surface area contributed by atoms with Crippen LogP contribution in [0.3, 0.4) is 0 Å². The molecular formula is C25H19F2N3O2. The highest BCUT2D eigenvalue weighted by Crippen LogP contribution is 2.31. The summed E-state index contributed by atoms with van der Waals surface area (Å²) < 4.78 is 26.7. The van der Waals surface area contributed by atoms with E-state index in [1.165, 1.54) is 4.90 Å². The standard InChI is InChI=1S/C25H19F2N3O2/c26-25(27)13-15-30(23(31)17-25)22-11-8-19(9-12-22)24(32)29-21-6-3-4-18(16-21)7-10-20-5-1-2-14-28-20/h1-6,8-9,11-12,14,16H,13,15,17H2,(H,29,32). The van der Waals surface area contributed by atoms with Crippen LogP contribution in [0.25, 0.3) is 0 Å². The smallest absolute Gasteiger partial charge is 0.258 e. The minimum absolute atomic E-state index is 0.0519. The van der Waals surface area contributed by atoms with E-state index in [4.69, 9.17) is 0 Å². The third kappa shape index (κ3) is 5.16. The van der Waals surface area contributed by atoms with Gasteiger partial charge >= 0.3 is 0 Å². The topological polar surface area (TPSA) is 62.3 Å². The van der Waals surface area contributed by atoms with Gasteiger partial charge in [0.25, 0.3) is 11.8 Å². The number of halogens is 2. The maximum absolute atomic E-state index is 13.4. The Kier molecular flexibility index (Phi) is 5.95. The second-order valence-electron chi connectivity index (χ2n) is 7.37. The first-order chi connectivity index (χ1) is 15.4. The lowest BCUT2D eigenvalue weighted by molar-refractivity contribution is -0.129. The minimum atomic E-state index is -2.95. The molecule has 1 aromatic heterocycles. The molecule has 5 nitrogen and oxygen atoms in total. The average molecular weight is 431 g/mol. The predicted octanol–water partition coefficient (Wildman–Crippen LogP) is 4.50. The zero-order valence-electron chi connectivity index (χ0n) is 17.0. The van der Waals surface area contributed by atoms with Crippen molar-refractivity contribution in [3.8, 4) is 11.8 Å². The summed E-state index contributed by atoms with van der Waals surface area (Å²) in [7, 11) is 0. The summed E-state index contributed by atoms with van der Waals surface area (Å²) in [6.45, 7) is -0.0519. The lowest BCUT2D eigenvalue weighted by Gasteiger charge is -2.31. The van der Waals surface area contributed by atoms with Gasteiger partial charge in [-0.2, -0.15) is 0 Å². The van der Waals surface area contributed by atoms with Crippen LogP contribution in [0.15, 0.2) is 72.9 Å². The number of benzene rings is 2. The van der Waals surface area contributed by atoms with Crippen molar-refractivity contribution >= 4 is 23.2 Å². The SMILES string of the molecule is O=C(Nc1cccc(C#Cc2ccccn2)c1)c1ccc(N2CCC(F)(F)CC2=O)cc1. The third-order valence-corrected chi connectivity index (χ3v) is 4.97. The molecule has 4 rings (SSSR count). The summed E-state index contributed by atoms with van der Waals surface area (Å²) in [4.78, 5) is 30.1. The summed E-state index contributed by atoms with van der Waals surface area (Å²) in [5, 5.41) is 2.81. The molecule has 0 saturated carbocycles. The molecule has 1 aliphatic heterocycles. The molecule has 32 heavy (non-hydrogen) atoms. The van der Waals surface area contributed by atoms with Gasteiger partial charge in [0.1, 0.15) is 5.69 Å². The van der Waals surface area contributed by atoms with E-state index in [0.717, 1.165) is 5.56 Å². The number of nitrogens with zero attached hydrogens (tertiary/aromatic N) is 2. The second-order valence-corrected chi connectivity index (χ2v) is 7.37. The van der Waals surface area contributed by atoms with Crippen LogP contribution in [-0.4, -0.2) is 29.3 Å². The average Bonchev–Trinajstić information content (AvgIpc) is 2.78. The Bertz CT molecular complexity index is 1200.